The molecule has 44 heavy (non-hydrogen) atoms. The molecule has 2 heteroatoms. The van der Waals surface area contributed by atoms with E-state index in [2.05, 4.69) is 190 Å². The molecule has 1 heterocycles. The summed E-state index contributed by atoms with van der Waals surface area (Å²) in [5, 5.41) is 2.51. The lowest BCUT2D eigenvalue weighted by molar-refractivity contribution is 1.18. The van der Waals surface area contributed by atoms with E-state index >= 15 is 0 Å². The zero-order valence-electron chi connectivity index (χ0n) is 24.0. The number of aromatic nitrogens is 1. The first-order valence-electron chi connectivity index (χ1n) is 14.9. The third kappa shape index (κ3) is 4.65. The second kappa shape index (κ2) is 11.1. The number of rotatable bonds is 5. The zero-order chi connectivity index (χ0) is 29.5. The van der Waals surface area contributed by atoms with E-state index in [1.807, 2.05) is 0 Å². The molecule has 1 nitrogen and oxygen atoms in total. The molecule has 0 fully saturated rings. The van der Waals surface area contributed by atoms with Gasteiger partial charge in [0.2, 0.25) is 0 Å². The molecule has 0 saturated carbocycles. The molecule has 0 atom stereocenters. The van der Waals surface area contributed by atoms with Gasteiger partial charge in [-0.1, -0.05) is 149 Å². The Morgan fingerprint density at radius 1 is 0.341 bits per heavy atom. The Balaban J connectivity index is 1.27. The van der Waals surface area contributed by atoms with Crippen LogP contribution in [0.5, 0.6) is 0 Å². The molecule has 0 saturated heterocycles. The summed E-state index contributed by atoms with van der Waals surface area (Å²) >= 11 is 3.58. The molecular formula is C42H28BrN. The van der Waals surface area contributed by atoms with Crippen LogP contribution in [0.25, 0.3) is 72.0 Å². The highest BCUT2D eigenvalue weighted by molar-refractivity contribution is 9.10. The summed E-state index contributed by atoms with van der Waals surface area (Å²) in [6.07, 6.45) is 0. The number of nitrogens with zero attached hydrogens (tertiary/aromatic N) is 1. The molecule has 0 spiro atoms. The first-order valence-corrected chi connectivity index (χ1v) is 15.7. The van der Waals surface area contributed by atoms with Crippen molar-refractivity contribution in [3.05, 3.63) is 174 Å². The van der Waals surface area contributed by atoms with Gasteiger partial charge in [0.15, 0.2) is 0 Å². The summed E-state index contributed by atoms with van der Waals surface area (Å²) in [7, 11) is 0. The van der Waals surface area contributed by atoms with Crippen molar-refractivity contribution < 1.29 is 0 Å². The molecular weight excluding hydrogens is 598 g/mol. The lowest BCUT2D eigenvalue weighted by atomic mass is 9.94. The van der Waals surface area contributed by atoms with Crippen LogP contribution in [-0.2, 0) is 0 Å². The van der Waals surface area contributed by atoms with Gasteiger partial charge in [-0.15, -0.1) is 0 Å². The fraction of sp³-hybridized carbons (Fsp3) is 0. The summed E-state index contributed by atoms with van der Waals surface area (Å²) in [6, 6.07) is 61.2. The second-order valence-corrected chi connectivity index (χ2v) is 12.0. The minimum absolute atomic E-state index is 1.08. The van der Waals surface area contributed by atoms with Gasteiger partial charge in [-0.25, -0.2) is 0 Å². The maximum atomic E-state index is 3.58. The summed E-state index contributed by atoms with van der Waals surface area (Å²) in [5.41, 5.74) is 13.3. The molecule has 0 unspecified atom stereocenters. The SMILES string of the molecule is Brc1ccc(-c2ccccc2-c2ccc3c4ccccc4n(-c4ccc(-c5ccccc5-c5ccccc5)cc4)c3c2)cc1. The van der Waals surface area contributed by atoms with Crippen molar-refractivity contribution in [3.8, 4) is 50.2 Å². The van der Waals surface area contributed by atoms with Gasteiger partial charge in [0.25, 0.3) is 0 Å². The van der Waals surface area contributed by atoms with E-state index in [1.54, 1.807) is 0 Å². The van der Waals surface area contributed by atoms with Crippen LogP contribution >= 0.6 is 15.9 Å². The predicted octanol–water partition coefficient (Wildman–Crippen LogP) is 12.2. The summed E-state index contributed by atoms with van der Waals surface area (Å²) < 4.78 is 3.49. The molecule has 0 aliphatic rings. The predicted molar refractivity (Wildman–Crippen MR) is 190 cm³/mol. The van der Waals surface area contributed by atoms with Crippen molar-refractivity contribution in [2.75, 3.05) is 0 Å². The van der Waals surface area contributed by atoms with Crippen molar-refractivity contribution in [2.45, 2.75) is 0 Å². The van der Waals surface area contributed by atoms with E-state index in [1.165, 1.54) is 66.3 Å². The van der Waals surface area contributed by atoms with Gasteiger partial charge in [-0.3, -0.25) is 0 Å². The Hall–Kier alpha value is -5.18. The average molecular weight is 627 g/mol. The smallest absolute Gasteiger partial charge is 0.0547 e. The van der Waals surface area contributed by atoms with Crippen molar-refractivity contribution in [1.29, 1.82) is 0 Å². The van der Waals surface area contributed by atoms with Crippen LogP contribution < -0.4 is 0 Å². The molecule has 8 aromatic rings. The molecule has 8 rings (SSSR count). The van der Waals surface area contributed by atoms with Crippen molar-refractivity contribution in [3.63, 3.8) is 0 Å². The van der Waals surface area contributed by atoms with Crippen LogP contribution in [0.1, 0.15) is 0 Å². The van der Waals surface area contributed by atoms with E-state index in [0.717, 1.165) is 10.2 Å². The minimum atomic E-state index is 1.08. The topological polar surface area (TPSA) is 4.93 Å². The average Bonchev–Trinajstić information content (AvgIpc) is 3.43. The molecule has 0 radical (unpaired) electrons. The van der Waals surface area contributed by atoms with Crippen molar-refractivity contribution in [2.24, 2.45) is 0 Å². The maximum absolute atomic E-state index is 3.58. The molecule has 0 N–H and O–H groups in total. The van der Waals surface area contributed by atoms with Crippen LogP contribution in [0.4, 0.5) is 0 Å². The lowest BCUT2D eigenvalue weighted by Gasteiger charge is -2.14. The van der Waals surface area contributed by atoms with Gasteiger partial charge in [0.05, 0.1) is 11.0 Å². The van der Waals surface area contributed by atoms with Crippen LogP contribution in [0.15, 0.2) is 174 Å². The largest absolute Gasteiger partial charge is 0.309 e. The fourth-order valence-corrected chi connectivity index (χ4v) is 6.69. The first-order chi connectivity index (χ1) is 21.7. The number of para-hydroxylation sites is 1. The van der Waals surface area contributed by atoms with Gasteiger partial charge in [-0.05, 0) is 80.9 Å². The van der Waals surface area contributed by atoms with Crippen LogP contribution in [0.3, 0.4) is 0 Å². The van der Waals surface area contributed by atoms with Gasteiger partial charge < -0.3 is 4.57 Å². The fourth-order valence-electron chi connectivity index (χ4n) is 6.43. The Bertz CT molecular complexity index is 2260. The Morgan fingerprint density at radius 3 is 1.43 bits per heavy atom. The monoisotopic (exact) mass is 625 g/mol. The standard InChI is InChI=1S/C42H28BrN/c43-33-23-18-30(19-24-33)37-14-6-7-15-38(37)32-22-27-40-39-16-8-9-17-41(39)44(42(40)28-32)34-25-20-31(21-26-34)36-13-5-4-12-35(36)29-10-2-1-3-11-29/h1-28H. The van der Waals surface area contributed by atoms with Crippen LogP contribution in [-0.4, -0.2) is 4.57 Å². The summed E-state index contributed by atoms with van der Waals surface area (Å²) in [5.74, 6) is 0. The molecule has 0 aliphatic carbocycles. The van der Waals surface area contributed by atoms with E-state index in [9.17, 15) is 0 Å². The van der Waals surface area contributed by atoms with Crippen molar-refractivity contribution >= 4 is 37.7 Å². The van der Waals surface area contributed by atoms with E-state index in [0.29, 0.717) is 0 Å². The number of halogens is 1. The van der Waals surface area contributed by atoms with Gasteiger partial charge in [0, 0.05) is 20.9 Å². The number of benzene rings is 7. The number of fused-ring (bicyclic) bond motifs is 3. The molecule has 0 aliphatic heterocycles. The van der Waals surface area contributed by atoms with Crippen molar-refractivity contribution in [1.82, 2.24) is 4.57 Å². The maximum Gasteiger partial charge on any atom is 0.0547 e. The van der Waals surface area contributed by atoms with E-state index in [4.69, 9.17) is 0 Å². The van der Waals surface area contributed by atoms with Crippen LogP contribution in [0, 0.1) is 0 Å². The number of hydrogen-bond acceptors (Lipinski definition) is 0. The Kier molecular flexibility index (Phi) is 6.70. The zero-order valence-corrected chi connectivity index (χ0v) is 25.6. The van der Waals surface area contributed by atoms with Crippen LogP contribution in [0.2, 0.25) is 0 Å². The third-order valence-electron chi connectivity index (χ3n) is 8.52. The van der Waals surface area contributed by atoms with E-state index < -0.39 is 0 Å². The molecule has 0 bridgehead atoms. The van der Waals surface area contributed by atoms with Gasteiger partial charge in [-0.2, -0.15) is 0 Å². The second-order valence-electron chi connectivity index (χ2n) is 11.1. The molecule has 7 aromatic carbocycles. The van der Waals surface area contributed by atoms with Gasteiger partial charge >= 0.3 is 0 Å². The first kappa shape index (κ1) is 26.4. The highest BCUT2D eigenvalue weighted by Crippen LogP contribution is 2.39. The summed E-state index contributed by atoms with van der Waals surface area (Å²) in [4.78, 5) is 0. The highest BCUT2D eigenvalue weighted by atomic mass is 79.9. The van der Waals surface area contributed by atoms with Gasteiger partial charge in [0.1, 0.15) is 0 Å². The summed E-state index contributed by atoms with van der Waals surface area (Å²) in [6.45, 7) is 0. The third-order valence-corrected chi connectivity index (χ3v) is 9.04. The molecule has 1 aromatic heterocycles. The van der Waals surface area contributed by atoms with E-state index in [-0.39, 0.29) is 0 Å². The number of hydrogen-bond donors (Lipinski definition) is 0. The molecule has 208 valence electrons. The Labute approximate surface area is 265 Å². The lowest BCUT2D eigenvalue weighted by Crippen LogP contribution is -1.94. The minimum Gasteiger partial charge on any atom is -0.309 e. The highest BCUT2D eigenvalue weighted by Gasteiger charge is 2.15. The normalized spacial score (nSPS) is 11.3. The molecule has 0 amide bonds. The quantitative estimate of drug-likeness (QED) is 0.179. The Morgan fingerprint density at radius 2 is 0.795 bits per heavy atom.